The molecular weight excluding hydrogens is 372 g/mol. The molecule has 1 aromatic heterocycles. The minimum atomic E-state index is -0.394. The van der Waals surface area contributed by atoms with Gasteiger partial charge in [0.1, 0.15) is 5.76 Å². The van der Waals surface area contributed by atoms with Crippen LogP contribution in [0, 0.1) is 13.8 Å². The van der Waals surface area contributed by atoms with Gasteiger partial charge >= 0.3 is 5.97 Å². The van der Waals surface area contributed by atoms with E-state index in [4.69, 9.17) is 9.26 Å². The first-order valence-corrected chi connectivity index (χ1v) is 10.4. The summed E-state index contributed by atoms with van der Waals surface area (Å²) in [7, 11) is 0. The van der Waals surface area contributed by atoms with Crippen molar-refractivity contribution in [1.29, 1.82) is 0 Å². The average Bonchev–Trinajstić information content (AvgIpc) is 2.97. The fourth-order valence-electron chi connectivity index (χ4n) is 2.63. The number of aryl methyl sites for hydroxylation is 2. The first-order chi connectivity index (χ1) is 12.6. The molecule has 0 saturated carbocycles. The van der Waals surface area contributed by atoms with Crippen LogP contribution in [0.2, 0.25) is 0 Å². The van der Waals surface area contributed by atoms with Gasteiger partial charge < -0.3 is 14.2 Å². The molecule has 1 aliphatic rings. The van der Waals surface area contributed by atoms with Crippen molar-refractivity contribution in [3.63, 3.8) is 0 Å². The van der Waals surface area contributed by atoms with Crippen molar-refractivity contribution < 1.29 is 18.8 Å². The number of carbonyl (C=O) groups is 2. The van der Waals surface area contributed by atoms with Crippen molar-refractivity contribution in [1.82, 2.24) is 5.16 Å². The van der Waals surface area contributed by atoms with Gasteiger partial charge in [0, 0.05) is 28.5 Å². The number of ether oxygens (including phenoxy) is 1. The number of nitrogens with zero attached hydrogens (tertiary/aromatic N) is 2. The maximum Gasteiger partial charge on any atom is 0.316 e. The second-order valence-electron chi connectivity index (χ2n) is 5.82. The summed E-state index contributed by atoms with van der Waals surface area (Å²) in [6, 6.07) is 7.77. The lowest BCUT2D eigenvalue weighted by Gasteiger charge is -2.28. The Morgan fingerprint density at radius 2 is 2.15 bits per heavy atom. The molecule has 8 heteroatoms. The number of rotatable bonds is 6. The number of thioether (sulfide) groups is 2. The van der Waals surface area contributed by atoms with Crippen molar-refractivity contribution in [3.8, 4) is 0 Å². The van der Waals surface area contributed by atoms with Crippen LogP contribution in [0.1, 0.15) is 17.0 Å². The molecule has 0 aliphatic carbocycles. The second kappa shape index (κ2) is 8.64. The lowest BCUT2D eigenvalue weighted by atomic mass is 10.2. The van der Waals surface area contributed by atoms with Gasteiger partial charge in [-0.15, -0.1) is 23.5 Å². The van der Waals surface area contributed by atoms with E-state index in [-0.39, 0.29) is 18.3 Å². The van der Waals surface area contributed by atoms with Gasteiger partial charge in [-0.05, 0) is 26.0 Å². The molecule has 2 heterocycles. The largest absolute Gasteiger partial charge is 0.455 e. The van der Waals surface area contributed by atoms with Crippen LogP contribution in [-0.4, -0.2) is 41.7 Å². The molecule has 0 spiro atoms. The lowest BCUT2D eigenvalue weighted by Crippen LogP contribution is -2.38. The highest BCUT2D eigenvalue weighted by Crippen LogP contribution is 2.34. The number of aromatic nitrogens is 1. The molecule has 0 saturated heterocycles. The maximum absolute atomic E-state index is 12.4. The quantitative estimate of drug-likeness (QED) is 0.699. The first kappa shape index (κ1) is 18.8. The average molecular weight is 393 g/mol. The normalized spacial score (nSPS) is 13.4. The van der Waals surface area contributed by atoms with Crippen LogP contribution in [0.25, 0.3) is 0 Å². The number of hydrogen-bond acceptors (Lipinski definition) is 7. The monoisotopic (exact) mass is 392 g/mol. The summed E-state index contributed by atoms with van der Waals surface area (Å²) in [5, 5.41) is 3.89. The van der Waals surface area contributed by atoms with Crippen LogP contribution < -0.4 is 4.90 Å². The van der Waals surface area contributed by atoms with Crippen LogP contribution in [0.15, 0.2) is 33.7 Å². The molecule has 3 rings (SSSR count). The Labute approximate surface area is 160 Å². The van der Waals surface area contributed by atoms with E-state index >= 15 is 0 Å². The molecule has 0 N–H and O–H groups in total. The summed E-state index contributed by atoms with van der Waals surface area (Å²) >= 11 is 3.15. The molecule has 2 aromatic rings. The Bertz CT molecular complexity index is 787. The van der Waals surface area contributed by atoms with Crippen LogP contribution in [-0.2, 0) is 20.1 Å². The Hall–Kier alpha value is -1.93. The maximum atomic E-state index is 12.4. The van der Waals surface area contributed by atoms with Crippen molar-refractivity contribution in [3.05, 3.63) is 41.3 Å². The molecule has 1 aromatic carbocycles. The van der Waals surface area contributed by atoms with Gasteiger partial charge in [0.25, 0.3) is 5.91 Å². The van der Waals surface area contributed by atoms with Gasteiger partial charge in [-0.3, -0.25) is 9.59 Å². The number of anilines is 1. The summed E-state index contributed by atoms with van der Waals surface area (Å²) in [6.07, 6.45) is 0. The van der Waals surface area contributed by atoms with Crippen LogP contribution in [0.3, 0.4) is 0 Å². The van der Waals surface area contributed by atoms with Crippen molar-refractivity contribution in [2.24, 2.45) is 0 Å². The number of benzene rings is 1. The molecule has 0 atom stereocenters. The SMILES string of the molecule is Cc1noc(C)c1CSCC(=O)OCC(=O)N1CCSc2ccccc21. The van der Waals surface area contributed by atoms with Gasteiger partial charge in [-0.2, -0.15) is 0 Å². The van der Waals surface area contributed by atoms with E-state index in [1.165, 1.54) is 11.8 Å². The highest BCUT2D eigenvalue weighted by atomic mass is 32.2. The third-order valence-corrected chi connectivity index (χ3v) is 6.01. The van der Waals surface area contributed by atoms with Crippen molar-refractivity contribution in [2.45, 2.75) is 24.5 Å². The fourth-order valence-corrected chi connectivity index (χ4v) is 4.60. The number of para-hydroxylation sites is 1. The van der Waals surface area contributed by atoms with E-state index in [0.717, 1.165) is 33.4 Å². The second-order valence-corrected chi connectivity index (χ2v) is 7.94. The lowest BCUT2D eigenvalue weighted by molar-refractivity contribution is -0.145. The third kappa shape index (κ3) is 4.42. The molecule has 26 heavy (non-hydrogen) atoms. The Kier molecular flexibility index (Phi) is 6.26. The van der Waals surface area contributed by atoms with Gasteiger partial charge in [0.2, 0.25) is 0 Å². The van der Waals surface area contributed by atoms with Gasteiger partial charge in [0.05, 0.1) is 17.1 Å². The summed E-state index contributed by atoms with van der Waals surface area (Å²) in [5.41, 5.74) is 2.72. The molecule has 0 unspecified atom stereocenters. The number of esters is 1. The summed E-state index contributed by atoms with van der Waals surface area (Å²) < 4.78 is 10.3. The minimum Gasteiger partial charge on any atom is -0.455 e. The molecule has 1 amide bonds. The molecular formula is C18H20N2O4S2. The van der Waals surface area contributed by atoms with Crippen LogP contribution in [0.5, 0.6) is 0 Å². The van der Waals surface area contributed by atoms with Gasteiger partial charge in [0.15, 0.2) is 6.61 Å². The standard InChI is InChI=1S/C18H20N2O4S2/c1-12-14(13(2)24-19-12)10-25-11-18(22)23-9-17(21)20-7-8-26-16-6-4-3-5-15(16)20/h3-6H,7-11H2,1-2H3. The number of carbonyl (C=O) groups excluding carboxylic acids is 2. The smallest absolute Gasteiger partial charge is 0.316 e. The predicted molar refractivity (Wildman–Crippen MR) is 103 cm³/mol. The Morgan fingerprint density at radius 3 is 2.92 bits per heavy atom. The van der Waals surface area contributed by atoms with Crippen molar-refractivity contribution in [2.75, 3.05) is 29.6 Å². The highest BCUT2D eigenvalue weighted by Gasteiger charge is 2.23. The Balaban J connectivity index is 1.45. The highest BCUT2D eigenvalue weighted by molar-refractivity contribution is 7.99. The third-order valence-electron chi connectivity index (χ3n) is 4.03. The van der Waals surface area contributed by atoms with Crippen LogP contribution in [0.4, 0.5) is 5.69 Å². The zero-order valence-electron chi connectivity index (χ0n) is 14.7. The molecule has 1 aliphatic heterocycles. The van der Waals surface area contributed by atoms with E-state index in [1.807, 2.05) is 38.1 Å². The molecule has 0 radical (unpaired) electrons. The zero-order valence-corrected chi connectivity index (χ0v) is 16.3. The minimum absolute atomic E-state index is 0.184. The molecule has 138 valence electrons. The first-order valence-electron chi connectivity index (χ1n) is 8.23. The Morgan fingerprint density at radius 1 is 1.35 bits per heavy atom. The van der Waals surface area contributed by atoms with Gasteiger partial charge in [-0.25, -0.2) is 0 Å². The predicted octanol–water partition coefficient (Wildman–Crippen LogP) is 3.21. The summed E-state index contributed by atoms with van der Waals surface area (Å²) in [5.74, 6) is 1.83. The number of fused-ring (bicyclic) bond motifs is 1. The van der Waals surface area contributed by atoms with E-state index < -0.39 is 5.97 Å². The zero-order chi connectivity index (χ0) is 18.5. The van der Waals surface area contributed by atoms with E-state index in [0.29, 0.717) is 12.3 Å². The molecule has 0 bridgehead atoms. The van der Waals surface area contributed by atoms with E-state index in [2.05, 4.69) is 5.16 Å². The summed E-state index contributed by atoms with van der Waals surface area (Å²) in [4.78, 5) is 27.1. The van der Waals surface area contributed by atoms with Gasteiger partial charge in [-0.1, -0.05) is 17.3 Å². The molecule has 0 fully saturated rings. The number of hydrogen-bond donors (Lipinski definition) is 0. The number of amides is 1. The van der Waals surface area contributed by atoms with E-state index in [9.17, 15) is 9.59 Å². The van der Waals surface area contributed by atoms with E-state index in [1.54, 1.807) is 16.7 Å². The fraction of sp³-hybridized carbons (Fsp3) is 0.389. The molecule has 6 nitrogen and oxygen atoms in total. The summed E-state index contributed by atoms with van der Waals surface area (Å²) in [6.45, 7) is 4.11. The van der Waals surface area contributed by atoms with Crippen LogP contribution >= 0.6 is 23.5 Å². The topological polar surface area (TPSA) is 72.6 Å². The van der Waals surface area contributed by atoms with Crippen molar-refractivity contribution >= 4 is 41.1 Å².